The van der Waals surface area contributed by atoms with Crippen LogP contribution in [0.25, 0.3) is 0 Å². The van der Waals surface area contributed by atoms with Crippen molar-refractivity contribution in [2.75, 3.05) is 6.66 Å². The van der Waals surface area contributed by atoms with Crippen LogP contribution in [-0.2, 0) is 30.7 Å². The molecule has 2 radical (unpaired) electrons. The maximum Gasteiger partial charge on any atom is 0 e. The fourth-order valence-corrected chi connectivity index (χ4v) is 2.99. The third-order valence-electron chi connectivity index (χ3n) is 2.29. The summed E-state index contributed by atoms with van der Waals surface area (Å²) in [6.07, 6.45) is 0. The summed E-state index contributed by atoms with van der Waals surface area (Å²) in [6.45, 7) is 15.8. The van der Waals surface area contributed by atoms with Gasteiger partial charge in [-0.25, -0.2) is 0 Å². The van der Waals surface area contributed by atoms with Crippen LogP contribution in [0, 0.1) is 20.0 Å². The zero-order valence-electron chi connectivity index (χ0n) is 12.3. The smallest absolute Gasteiger partial charge is 0 e. The zero-order valence-corrected chi connectivity index (χ0v) is 16.2. The van der Waals surface area contributed by atoms with E-state index < -0.39 is 0 Å². The van der Waals surface area contributed by atoms with E-state index in [2.05, 4.69) is 87.3 Å². The third kappa shape index (κ3) is 12.2. The normalized spacial score (nSPS) is 6.91. The molecule has 0 saturated heterocycles. The van der Waals surface area contributed by atoms with E-state index in [-0.39, 0.29) is 54.3 Å². The first-order chi connectivity index (χ1) is 9.88. The van der Waals surface area contributed by atoms with Gasteiger partial charge >= 0.3 is 33.9 Å². The molecule has 0 aromatic heterocycles. The van der Waals surface area contributed by atoms with Crippen molar-refractivity contribution in [3.05, 3.63) is 80.6 Å². The molecule has 2 rings (SSSR count). The number of benzene rings is 2. The van der Waals surface area contributed by atoms with Gasteiger partial charge in [0.25, 0.3) is 0 Å². The molecule has 0 atom stereocenters. The van der Waals surface area contributed by atoms with Gasteiger partial charge in [0, 0.05) is 46.3 Å². The van der Waals surface area contributed by atoms with Crippen molar-refractivity contribution < 1.29 is 30.7 Å². The Morgan fingerprint density at radius 3 is 1.09 bits per heavy atom. The number of rotatable bonds is 2. The van der Waals surface area contributed by atoms with Gasteiger partial charge in [0.05, 0.1) is 0 Å². The summed E-state index contributed by atoms with van der Waals surface area (Å²) in [5.41, 5.74) is 0. The summed E-state index contributed by atoms with van der Waals surface area (Å²) in [6, 6.07) is 21.4. The molecule has 0 amide bonds. The molecule has 0 aliphatic carbocycles. The number of hydrogen-bond donors (Lipinski definition) is 0. The van der Waals surface area contributed by atoms with Crippen LogP contribution in [0.5, 0.6) is 0 Å². The Labute approximate surface area is 165 Å². The van der Waals surface area contributed by atoms with E-state index in [0.717, 1.165) is 0 Å². The van der Waals surface area contributed by atoms with Crippen LogP contribution >= 0.6 is 7.92 Å². The van der Waals surface area contributed by atoms with Gasteiger partial charge in [0.1, 0.15) is 0 Å². The average molecular weight is 366 g/mol. The molecule has 0 saturated carbocycles. The van der Waals surface area contributed by atoms with E-state index >= 15 is 0 Å². The van der Waals surface area contributed by atoms with Gasteiger partial charge in [-0.1, -0.05) is 60.7 Å². The summed E-state index contributed by atoms with van der Waals surface area (Å²) in [5.74, 6) is 0. The maximum atomic E-state index is 7.50. The van der Waals surface area contributed by atoms with Gasteiger partial charge in [0.2, 0.25) is 0 Å². The van der Waals surface area contributed by atoms with Crippen molar-refractivity contribution in [2.24, 2.45) is 0 Å². The monoisotopic (exact) mass is 366 g/mol. The largest absolute Gasteiger partial charge is 0 e. The average Bonchev–Trinajstić information content (AvgIpc) is 2.61. The Morgan fingerprint density at radius 1 is 0.636 bits per heavy atom. The van der Waals surface area contributed by atoms with Crippen LogP contribution in [0.1, 0.15) is 0 Å². The van der Waals surface area contributed by atoms with Crippen molar-refractivity contribution in [1.82, 2.24) is 0 Å². The van der Waals surface area contributed by atoms with Gasteiger partial charge in [-0.3, -0.25) is 0 Å². The summed E-state index contributed by atoms with van der Waals surface area (Å²) in [5, 5.41) is 2.88. The van der Waals surface area contributed by atoms with Gasteiger partial charge in [-0.15, -0.1) is 0 Å². The predicted molar refractivity (Wildman–Crippen MR) is 82.5 cm³/mol. The molecule has 0 unspecified atom stereocenters. The molecule has 3 nitrogen and oxygen atoms in total. The molecule has 0 heterocycles. The third-order valence-corrected chi connectivity index (χ3v) is 4.43. The zero-order chi connectivity index (χ0) is 15.8. The van der Waals surface area contributed by atoms with Crippen LogP contribution in [0.2, 0.25) is 0 Å². The minimum Gasteiger partial charge on any atom is 0 e. The molecule has 0 bridgehead atoms. The summed E-state index contributed by atoms with van der Waals surface area (Å²) in [7, 11) is -0.171. The van der Waals surface area contributed by atoms with Gasteiger partial charge in [-0.2, -0.15) is 0 Å². The van der Waals surface area contributed by atoms with E-state index in [1.54, 1.807) is 0 Å². The van der Waals surface area contributed by atoms with Crippen molar-refractivity contribution in [3.63, 3.8) is 0 Å². The van der Waals surface area contributed by atoms with Crippen molar-refractivity contribution in [1.29, 1.82) is 0 Å². The fourth-order valence-electron chi connectivity index (χ4n) is 1.45. The Hall–Kier alpha value is -0.404. The summed E-state index contributed by atoms with van der Waals surface area (Å²) >= 11 is 0. The second-order valence-corrected chi connectivity index (χ2v) is 5.38. The molecular weight excluding hydrogens is 353 g/mol. The maximum absolute atomic E-state index is 7.50. The Bertz CT molecular complexity index is 461. The molecule has 0 fully saturated rings. The van der Waals surface area contributed by atoms with Gasteiger partial charge in [-0.05, 0) is 25.2 Å². The minimum atomic E-state index is -0.171. The van der Waals surface area contributed by atoms with Crippen molar-refractivity contribution in [2.45, 2.75) is 0 Å². The topological polar surface area (TPSA) is 59.7 Å². The Balaban J connectivity index is -0.000000182. The molecule has 0 aliphatic rings. The van der Waals surface area contributed by atoms with Crippen molar-refractivity contribution in [3.8, 4) is 0 Å². The van der Waals surface area contributed by atoms with E-state index in [1.807, 2.05) is 0 Å². The first kappa shape index (κ1) is 29.6. The molecule has 6 heteroatoms. The molecule has 0 spiro atoms. The van der Waals surface area contributed by atoms with E-state index in [0.29, 0.717) is 0 Å². The van der Waals surface area contributed by atoms with E-state index in [1.165, 1.54) is 10.6 Å². The molecular formula is C16H13CoNaO3P. The van der Waals surface area contributed by atoms with Gasteiger partial charge < -0.3 is 0 Å². The second kappa shape index (κ2) is 22.9. The van der Waals surface area contributed by atoms with E-state index in [4.69, 9.17) is 14.0 Å². The van der Waals surface area contributed by atoms with Crippen molar-refractivity contribution >= 4 is 48.1 Å². The van der Waals surface area contributed by atoms with Gasteiger partial charge in [0.15, 0.2) is 0 Å². The Morgan fingerprint density at radius 2 is 0.864 bits per heavy atom. The van der Waals surface area contributed by atoms with Crippen LogP contribution in [0.4, 0.5) is 0 Å². The minimum absolute atomic E-state index is 0. The molecule has 2 aromatic rings. The van der Waals surface area contributed by atoms with Crippen LogP contribution in [-0.4, -0.2) is 36.2 Å². The number of hydrogen-bond acceptors (Lipinski definition) is 0. The quantitative estimate of drug-likeness (QED) is 0.339. The Kier molecular flexibility index (Phi) is 30.8. The molecule has 0 N–H and O–H groups in total. The van der Waals surface area contributed by atoms with Crippen LogP contribution < -0.4 is 10.6 Å². The summed E-state index contributed by atoms with van der Waals surface area (Å²) in [4.78, 5) is 0. The van der Waals surface area contributed by atoms with Crippen LogP contribution in [0.15, 0.2) is 60.7 Å². The fraction of sp³-hybridized carbons (Fsp3) is 0.0625. The summed E-state index contributed by atoms with van der Waals surface area (Å²) < 4.78 is 22.5. The molecule has 0 aliphatic heterocycles. The first-order valence-corrected chi connectivity index (χ1v) is 7.12. The SMILES string of the molecule is CP(c1ccccc1)c1ccccc1.[C-]#[O+].[C-]#[O+].[C-]#[O+].[Co].[Na]. The second-order valence-electron chi connectivity index (χ2n) is 3.23. The standard InChI is InChI=1S/C13H13P.3CO.Co.Na/c1-14(12-8-4-2-5-9-12)13-10-6-3-7-11-13;3*1-2;;/h2-11H,1H3;;;;;. The van der Waals surface area contributed by atoms with E-state index in [9.17, 15) is 0 Å². The molecule has 22 heavy (non-hydrogen) atoms. The molecule has 110 valence electrons. The predicted octanol–water partition coefficient (Wildman–Crippen LogP) is 2.25. The first-order valence-electron chi connectivity index (χ1n) is 5.33. The van der Waals surface area contributed by atoms with Crippen LogP contribution in [0.3, 0.4) is 0 Å². The molecule has 2 aromatic carbocycles.